The van der Waals surface area contributed by atoms with Gasteiger partial charge in [-0.1, -0.05) is 12.1 Å². The molecule has 0 radical (unpaired) electrons. The van der Waals surface area contributed by atoms with Crippen molar-refractivity contribution in [2.24, 2.45) is 17.7 Å². The molecule has 2 nitrogen and oxygen atoms in total. The number of halogens is 4. The lowest BCUT2D eigenvalue weighted by molar-refractivity contribution is -0.184. The van der Waals surface area contributed by atoms with Crippen LogP contribution in [0.2, 0.25) is 0 Å². The molecule has 1 saturated carbocycles. The van der Waals surface area contributed by atoms with E-state index in [1.54, 1.807) is 0 Å². The van der Waals surface area contributed by atoms with E-state index in [9.17, 15) is 13.2 Å². The zero-order chi connectivity index (χ0) is 15.5. The van der Waals surface area contributed by atoms with Gasteiger partial charge in [0.25, 0.3) is 0 Å². The highest BCUT2D eigenvalue weighted by atomic mass is 127. The molecule has 1 aromatic rings. The Kier molecular flexibility index (Phi) is 5.90. The number of nitrogens with two attached hydrogens (primary N) is 1. The fourth-order valence-electron chi connectivity index (χ4n) is 3.08. The van der Waals surface area contributed by atoms with Crippen molar-refractivity contribution in [3.05, 3.63) is 33.4 Å². The maximum absolute atomic E-state index is 12.7. The van der Waals surface area contributed by atoms with Gasteiger partial charge in [-0.15, -0.1) is 0 Å². The number of hydrogen-bond acceptors (Lipinski definition) is 2. The molecule has 3 N–H and O–H groups in total. The quantitative estimate of drug-likeness (QED) is 0.445. The Morgan fingerprint density at radius 2 is 1.71 bits per heavy atom. The summed E-state index contributed by atoms with van der Waals surface area (Å²) in [6, 6.07) is 8.20. The van der Waals surface area contributed by atoms with Gasteiger partial charge in [-0.25, -0.2) is 0 Å². The second-order valence-corrected chi connectivity index (χ2v) is 7.00. The molecule has 0 spiro atoms. The Balaban J connectivity index is 1.92. The van der Waals surface area contributed by atoms with E-state index < -0.39 is 12.1 Å². The molecule has 0 saturated heterocycles. The largest absolute Gasteiger partial charge is 0.391 e. The van der Waals surface area contributed by atoms with Gasteiger partial charge in [-0.05, 0) is 78.3 Å². The van der Waals surface area contributed by atoms with Crippen LogP contribution >= 0.6 is 22.6 Å². The summed E-state index contributed by atoms with van der Waals surface area (Å²) >= 11 is 2.25. The molecule has 0 amide bonds. The lowest BCUT2D eigenvalue weighted by Gasteiger charge is -2.34. The Bertz CT molecular complexity index is 439. The molecule has 1 aromatic carbocycles. The third kappa shape index (κ3) is 4.82. The van der Waals surface area contributed by atoms with Crippen molar-refractivity contribution < 1.29 is 13.2 Å². The summed E-state index contributed by atoms with van der Waals surface area (Å²) in [6.45, 7) is 0. The van der Waals surface area contributed by atoms with Gasteiger partial charge in [0.05, 0.1) is 5.92 Å². The zero-order valence-corrected chi connectivity index (χ0v) is 13.8. The fourth-order valence-corrected chi connectivity index (χ4v) is 3.44. The Labute approximate surface area is 136 Å². The normalized spacial score (nSPS) is 24.8. The van der Waals surface area contributed by atoms with Gasteiger partial charge in [0.2, 0.25) is 0 Å². The van der Waals surface area contributed by atoms with E-state index in [1.807, 2.05) is 24.3 Å². The van der Waals surface area contributed by atoms with Gasteiger partial charge in [-0.3, -0.25) is 11.3 Å². The first-order valence-corrected chi connectivity index (χ1v) is 8.25. The van der Waals surface area contributed by atoms with Crippen LogP contribution in [-0.2, 0) is 6.42 Å². The highest BCUT2D eigenvalue weighted by molar-refractivity contribution is 14.1. The molecular formula is C15H20F3IN2. The summed E-state index contributed by atoms with van der Waals surface area (Å²) < 4.78 is 39.3. The molecule has 21 heavy (non-hydrogen) atoms. The number of hydrazine groups is 1. The molecule has 1 atom stereocenters. The molecule has 1 aliphatic carbocycles. The van der Waals surface area contributed by atoms with E-state index in [4.69, 9.17) is 5.84 Å². The van der Waals surface area contributed by atoms with Crippen LogP contribution in [0.25, 0.3) is 0 Å². The minimum absolute atomic E-state index is 0.0410. The lowest BCUT2D eigenvalue weighted by atomic mass is 9.77. The van der Waals surface area contributed by atoms with E-state index in [2.05, 4.69) is 28.0 Å². The number of benzene rings is 1. The van der Waals surface area contributed by atoms with Crippen molar-refractivity contribution in [1.29, 1.82) is 0 Å². The van der Waals surface area contributed by atoms with Crippen molar-refractivity contribution in [3.8, 4) is 0 Å². The average Bonchev–Trinajstić information content (AvgIpc) is 2.46. The summed E-state index contributed by atoms with van der Waals surface area (Å²) in [6.07, 6.45) is -1.67. The Morgan fingerprint density at radius 1 is 1.14 bits per heavy atom. The Morgan fingerprint density at radius 3 is 2.19 bits per heavy atom. The zero-order valence-electron chi connectivity index (χ0n) is 11.7. The summed E-state index contributed by atoms with van der Waals surface area (Å²) in [5.74, 6) is 4.71. The topological polar surface area (TPSA) is 38.0 Å². The number of nitrogens with one attached hydrogen (secondary N) is 1. The Hall–Kier alpha value is -0.340. The maximum atomic E-state index is 12.7. The molecule has 0 aromatic heterocycles. The van der Waals surface area contributed by atoms with Crippen LogP contribution in [0.15, 0.2) is 24.3 Å². The van der Waals surface area contributed by atoms with Crippen LogP contribution in [0.3, 0.4) is 0 Å². The van der Waals surface area contributed by atoms with Crippen molar-refractivity contribution in [2.45, 2.75) is 44.3 Å². The van der Waals surface area contributed by atoms with Crippen molar-refractivity contribution in [1.82, 2.24) is 5.43 Å². The van der Waals surface area contributed by atoms with Crippen LogP contribution < -0.4 is 11.3 Å². The van der Waals surface area contributed by atoms with Crippen LogP contribution in [0, 0.1) is 15.4 Å². The first kappa shape index (κ1) is 17.0. The van der Waals surface area contributed by atoms with E-state index in [-0.39, 0.29) is 24.8 Å². The van der Waals surface area contributed by atoms with E-state index in [1.165, 1.54) is 3.57 Å². The molecule has 1 aliphatic rings. The van der Waals surface area contributed by atoms with Gasteiger partial charge in [-0.2, -0.15) is 13.2 Å². The molecule has 1 unspecified atom stereocenters. The highest BCUT2D eigenvalue weighted by Gasteiger charge is 2.42. The van der Waals surface area contributed by atoms with Gasteiger partial charge >= 0.3 is 6.18 Å². The molecule has 1 fully saturated rings. The minimum atomic E-state index is -4.05. The smallest absolute Gasteiger partial charge is 0.271 e. The van der Waals surface area contributed by atoms with Gasteiger partial charge < -0.3 is 0 Å². The first-order chi connectivity index (χ1) is 9.90. The van der Waals surface area contributed by atoms with Crippen molar-refractivity contribution in [3.63, 3.8) is 0 Å². The molecular weight excluding hydrogens is 392 g/mol. The third-order valence-electron chi connectivity index (χ3n) is 4.39. The summed E-state index contributed by atoms with van der Waals surface area (Å²) in [5, 5.41) is 0. The molecule has 0 bridgehead atoms. The molecule has 0 heterocycles. The minimum Gasteiger partial charge on any atom is -0.271 e. The lowest BCUT2D eigenvalue weighted by Crippen LogP contribution is -2.44. The predicted octanol–water partition coefficient (Wildman–Crippen LogP) is 4.03. The molecule has 118 valence electrons. The fraction of sp³-hybridized carbons (Fsp3) is 0.600. The van der Waals surface area contributed by atoms with E-state index >= 15 is 0 Å². The van der Waals surface area contributed by atoms with Gasteiger partial charge in [0.1, 0.15) is 0 Å². The maximum Gasteiger partial charge on any atom is 0.391 e. The second-order valence-electron chi connectivity index (χ2n) is 5.76. The second kappa shape index (κ2) is 7.28. The van der Waals surface area contributed by atoms with Gasteiger partial charge in [0, 0.05) is 9.61 Å². The number of rotatable bonds is 4. The van der Waals surface area contributed by atoms with Crippen LogP contribution in [0.5, 0.6) is 0 Å². The van der Waals surface area contributed by atoms with Crippen molar-refractivity contribution in [2.75, 3.05) is 0 Å². The number of alkyl halides is 3. The standard InChI is InChI=1S/C15H20F3IN2/c16-15(17,18)12-5-3-11(4-6-12)14(21-20)9-10-1-7-13(19)8-2-10/h1-2,7-8,11-12,14,21H,3-6,9,20H2. The first-order valence-electron chi connectivity index (χ1n) is 7.17. The molecule has 2 rings (SSSR count). The average molecular weight is 412 g/mol. The van der Waals surface area contributed by atoms with Crippen LogP contribution in [0.1, 0.15) is 31.2 Å². The van der Waals surface area contributed by atoms with Crippen LogP contribution in [-0.4, -0.2) is 12.2 Å². The van der Waals surface area contributed by atoms with E-state index in [0.29, 0.717) is 12.8 Å². The predicted molar refractivity (Wildman–Crippen MR) is 85.5 cm³/mol. The summed E-state index contributed by atoms with van der Waals surface area (Å²) in [7, 11) is 0. The summed E-state index contributed by atoms with van der Waals surface area (Å²) in [5.41, 5.74) is 3.97. The van der Waals surface area contributed by atoms with Crippen molar-refractivity contribution >= 4 is 22.6 Å². The summed E-state index contributed by atoms with van der Waals surface area (Å²) in [4.78, 5) is 0. The highest BCUT2D eigenvalue weighted by Crippen LogP contribution is 2.40. The monoisotopic (exact) mass is 412 g/mol. The number of hydrogen-bond donors (Lipinski definition) is 2. The third-order valence-corrected chi connectivity index (χ3v) is 5.11. The van der Waals surface area contributed by atoms with Crippen LogP contribution in [0.4, 0.5) is 13.2 Å². The molecule has 0 aliphatic heterocycles. The molecule has 6 heteroatoms. The van der Waals surface area contributed by atoms with Gasteiger partial charge in [0.15, 0.2) is 0 Å². The van der Waals surface area contributed by atoms with E-state index in [0.717, 1.165) is 12.0 Å². The SMILES string of the molecule is NNC(Cc1ccc(I)cc1)C1CCC(C(F)(F)F)CC1.